The van der Waals surface area contributed by atoms with E-state index in [1.165, 1.54) is 5.69 Å². The number of aromatic nitrogens is 2. The van der Waals surface area contributed by atoms with E-state index in [1.807, 2.05) is 49.1 Å². The summed E-state index contributed by atoms with van der Waals surface area (Å²) in [6.07, 6.45) is 6.17. The lowest BCUT2D eigenvalue weighted by atomic mass is 10.1. The van der Waals surface area contributed by atoms with Gasteiger partial charge in [-0.25, -0.2) is 4.99 Å². The Labute approximate surface area is 201 Å². The second kappa shape index (κ2) is 12.2. The van der Waals surface area contributed by atoms with Crippen LogP contribution in [0.1, 0.15) is 26.7 Å². The van der Waals surface area contributed by atoms with Gasteiger partial charge in [0.1, 0.15) is 11.9 Å². The Morgan fingerprint density at radius 2 is 2.20 bits per heavy atom. The first-order valence-corrected chi connectivity index (χ1v) is 10.6. The van der Waals surface area contributed by atoms with Crippen molar-refractivity contribution in [2.75, 3.05) is 31.1 Å². The SMILES string of the molecule is CCNC(=NCC(C)Oc1ccccc1Cl)NC1CCCN(c2cnn(C)c2)C1.I. The Bertz CT molecular complexity index is 814. The number of rotatable bonds is 7. The van der Waals surface area contributed by atoms with Crippen molar-refractivity contribution in [3.05, 3.63) is 41.7 Å². The molecule has 166 valence electrons. The van der Waals surface area contributed by atoms with Gasteiger partial charge in [-0.1, -0.05) is 23.7 Å². The van der Waals surface area contributed by atoms with Gasteiger partial charge in [-0.05, 0) is 38.8 Å². The molecule has 30 heavy (non-hydrogen) atoms. The lowest BCUT2D eigenvalue weighted by Crippen LogP contribution is -2.51. The van der Waals surface area contributed by atoms with Gasteiger partial charge in [0, 0.05) is 38.9 Å². The summed E-state index contributed by atoms with van der Waals surface area (Å²) >= 11 is 6.18. The van der Waals surface area contributed by atoms with Gasteiger partial charge < -0.3 is 20.3 Å². The fraction of sp³-hybridized carbons (Fsp3) is 0.524. The maximum absolute atomic E-state index is 6.18. The molecule has 2 aromatic rings. The fourth-order valence-corrected chi connectivity index (χ4v) is 3.61. The summed E-state index contributed by atoms with van der Waals surface area (Å²) in [4.78, 5) is 7.10. The number of halogens is 2. The summed E-state index contributed by atoms with van der Waals surface area (Å²) in [5, 5.41) is 11.8. The Hall–Kier alpha value is -1.68. The van der Waals surface area contributed by atoms with Gasteiger partial charge >= 0.3 is 0 Å². The molecule has 1 saturated heterocycles. The summed E-state index contributed by atoms with van der Waals surface area (Å²) in [7, 11) is 1.95. The molecule has 1 fully saturated rings. The van der Waals surface area contributed by atoms with E-state index in [4.69, 9.17) is 21.3 Å². The topological polar surface area (TPSA) is 66.7 Å². The number of aliphatic imine (C=N–C) groups is 1. The van der Waals surface area contributed by atoms with Gasteiger partial charge in [-0.2, -0.15) is 5.10 Å². The molecule has 0 aliphatic carbocycles. The number of anilines is 1. The summed E-state index contributed by atoms with van der Waals surface area (Å²) in [5.74, 6) is 1.51. The van der Waals surface area contributed by atoms with Gasteiger partial charge in [0.25, 0.3) is 0 Å². The number of nitrogens with zero attached hydrogens (tertiary/aromatic N) is 4. The number of piperidine rings is 1. The molecule has 9 heteroatoms. The van der Waals surface area contributed by atoms with Crippen molar-refractivity contribution >= 4 is 47.2 Å². The van der Waals surface area contributed by atoms with E-state index >= 15 is 0 Å². The molecule has 2 heterocycles. The quantitative estimate of drug-likeness (QED) is 0.315. The lowest BCUT2D eigenvalue weighted by Gasteiger charge is -2.34. The van der Waals surface area contributed by atoms with Crippen LogP contribution in [-0.2, 0) is 7.05 Å². The minimum absolute atomic E-state index is 0. The highest BCUT2D eigenvalue weighted by Crippen LogP contribution is 2.24. The van der Waals surface area contributed by atoms with Crippen LogP contribution >= 0.6 is 35.6 Å². The third kappa shape index (κ3) is 7.23. The normalized spacial score (nSPS) is 17.8. The number of para-hydroxylation sites is 1. The number of aryl methyl sites for hydroxylation is 1. The first kappa shape index (κ1) is 24.6. The third-order valence-corrected chi connectivity index (χ3v) is 5.15. The zero-order valence-electron chi connectivity index (χ0n) is 17.8. The largest absolute Gasteiger partial charge is 0.487 e. The molecule has 3 rings (SSSR count). The minimum atomic E-state index is -0.0800. The van der Waals surface area contributed by atoms with E-state index in [1.54, 1.807) is 0 Å². The Morgan fingerprint density at radius 3 is 2.90 bits per heavy atom. The highest BCUT2D eigenvalue weighted by atomic mass is 127. The minimum Gasteiger partial charge on any atom is -0.487 e. The summed E-state index contributed by atoms with van der Waals surface area (Å²) in [6, 6.07) is 7.85. The predicted molar refractivity (Wildman–Crippen MR) is 135 cm³/mol. The molecule has 2 atom stereocenters. The molecule has 2 unspecified atom stereocenters. The Morgan fingerprint density at radius 1 is 1.40 bits per heavy atom. The van der Waals surface area contributed by atoms with Crippen LogP contribution in [0.15, 0.2) is 41.7 Å². The number of benzene rings is 1. The molecule has 0 bridgehead atoms. The number of ether oxygens (including phenoxy) is 1. The van der Waals surface area contributed by atoms with Crippen molar-refractivity contribution < 1.29 is 4.74 Å². The molecule has 1 aliphatic rings. The van der Waals surface area contributed by atoms with Crippen molar-refractivity contribution in [2.45, 2.75) is 38.8 Å². The van der Waals surface area contributed by atoms with E-state index in [2.05, 4.69) is 33.8 Å². The van der Waals surface area contributed by atoms with E-state index < -0.39 is 0 Å². The highest BCUT2D eigenvalue weighted by Gasteiger charge is 2.22. The average Bonchev–Trinajstić information content (AvgIpc) is 3.15. The molecule has 2 N–H and O–H groups in total. The van der Waals surface area contributed by atoms with E-state index in [0.29, 0.717) is 23.4 Å². The highest BCUT2D eigenvalue weighted by molar-refractivity contribution is 14.0. The smallest absolute Gasteiger partial charge is 0.191 e. The number of hydrogen-bond acceptors (Lipinski definition) is 4. The number of guanidine groups is 1. The van der Waals surface area contributed by atoms with Gasteiger partial charge in [0.15, 0.2) is 5.96 Å². The standard InChI is InChI=1S/C21H31ClN6O.HI/c1-4-23-21(24-12-16(2)29-20-10-6-5-9-19(20)22)26-17-8-7-11-28(14-17)18-13-25-27(3)15-18;/h5-6,9-10,13,15-17H,4,7-8,11-12,14H2,1-3H3,(H2,23,24,26);1H. The molecule has 0 amide bonds. The van der Waals surface area contributed by atoms with Crippen LogP contribution in [0.4, 0.5) is 5.69 Å². The zero-order chi connectivity index (χ0) is 20.6. The van der Waals surface area contributed by atoms with Crippen LogP contribution in [0.25, 0.3) is 0 Å². The Kier molecular flexibility index (Phi) is 10.0. The molecule has 1 aliphatic heterocycles. The third-order valence-electron chi connectivity index (χ3n) is 4.83. The summed E-state index contributed by atoms with van der Waals surface area (Å²) < 4.78 is 7.77. The molecule has 0 saturated carbocycles. The second-order valence-corrected chi connectivity index (χ2v) is 7.79. The monoisotopic (exact) mass is 546 g/mol. The molecule has 0 radical (unpaired) electrons. The molecular weight excluding hydrogens is 515 g/mol. The van der Waals surface area contributed by atoms with Crippen molar-refractivity contribution in [3.8, 4) is 5.75 Å². The van der Waals surface area contributed by atoms with Crippen LogP contribution in [0.2, 0.25) is 5.02 Å². The van der Waals surface area contributed by atoms with Gasteiger partial charge in [0.2, 0.25) is 0 Å². The summed E-state index contributed by atoms with van der Waals surface area (Å²) in [6.45, 7) is 7.41. The van der Waals surface area contributed by atoms with Crippen molar-refractivity contribution in [1.82, 2.24) is 20.4 Å². The van der Waals surface area contributed by atoms with Crippen LogP contribution in [0.5, 0.6) is 5.75 Å². The van der Waals surface area contributed by atoms with Gasteiger partial charge in [-0.15, -0.1) is 24.0 Å². The maximum Gasteiger partial charge on any atom is 0.191 e. The Balaban J connectivity index is 0.00000320. The van der Waals surface area contributed by atoms with Gasteiger partial charge in [0.05, 0.1) is 23.5 Å². The molecule has 7 nitrogen and oxygen atoms in total. The fourth-order valence-electron chi connectivity index (χ4n) is 3.43. The zero-order valence-corrected chi connectivity index (χ0v) is 20.9. The van der Waals surface area contributed by atoms with E-state index in [-0.39, 0.29) is 30.1 Å². The second-order valence-electron chi connectivity index (χ2n) is 7.38. The first-order chi connectivity index (χ1) is 14.0. The van der Waals surface area contributed by atoms with Crippen molar-refractivity contribution in [1.29, 1.82) is 0 Å². The van der Waals surface area contributed by atoms with E-state index in [9.17, 15) is 0 Å². The van der Waals surface area contributed by atoms with Crippen LogP contribution in [0, 0.1) is 0 Å². The first-order valence-electron chi connectivity index (χ1n) is 10.2. The van der Waals surface area contributed by atoms with Crippen LogP contribution < -0.4 is 20.3 Å². The van der Waals surface area contributed by atoms with Crippen molar-refractivity contribution in [2.24, 2.45) is 12.0 Å². The summed E-state index contributed by atoms with van der Waals surface area (Å²) in [5.41, 5.74) is 1.17. The maximum atomic E-state index is 6.18. The average molecular weight is 547 g/mol. The lowest BCUT2D eigenvalue weighted by molar-refractivity contribution is 0.230. The van der Waals surface area contributed by atoms with Crippen LogP contribution in [-0.4, -0.2) is 54.1 Å². The molecule has 0 spiro atoms. The number of nitrogens with one attached hydrogen (secondary N) is 2. The molecular formula is C21H32ClIN6O. The van der Waals surface area contributed by atoms with E-state index in [0.717, 1.165) is 38.4 Å². The molecule has 1 aromatic carbocycles. The van der Waals surface area contributed by atoms with Gasteiger partial charge in [-0.3, -0.25) is 4.68 Å². The van der Waals surface area contributed by atoms with Crippen molar-refractivity contribution in [3.63, 3.8) is 0 Å². The predicted octanol–water partition coefficient (Wildman–Crippen LogP) is 3.68. The van der Waals surface area contributed by atoms with Crippen LogP contribution in [0.3, 0.4) is 0 Å². The molecule has 1 aromatic heterocycles. The number of hydrogen-bond donors (Lipinski definition) is 2.